The van der Waals surface area contributed by atoms with E-state index in [4.69, 9.17) is 0 Å². The number of benzene rings is 1. The van der Waals surface area contributed by atoms with Gasteiger partial charge in [-0.1, -0.05) is 19.1 Å². The van der Waals surface area contributed by atoms with Crippen LogP contribution in [0.15, 0.2) is 24.3 Å². The molecule has 0 saturated heterocycles. The number of hydrogen-bond acceptors (Lipinski definition) is 1. The van der Waals surface area contributed by atoms with Crippen LogP contribution in [0.2, 0.25) is 0 Å². The minimum atomic E-state index is -4.20. The van der Waals surface area contributed by atoms with Crippen LogP contribution in [0.3, 0.4) is 0 Å². The first-order chi connectivity index (χ1) is 7.89. The van der Waals surface area contributed by atoms with E-state index >= 15 is 0 Å². The molecule has 0 aliphatic carbocycles. The van der Waals surface area contributed by atoms with Gasteiger partial charge in [0.1, 0.15) is 11.9 Å². The van der Waals surface area contributed by atoms with Gasteiger partial charge in [0.25, 0.3) is 0 Å². The summed E-state index contributed by atoms with van der Waals surface area (Å²) in [5.41, 5.74) is -0.0708. The van der Waals surface area contributed by atoms with Gasteiger partial charge in [-0.2, -0.15) is 8.78 Å². The molecular weight excluding hydrogens is 241 g/mol. The van der Waals surface area contributed by atoms with E-state index in [1.165, 1.54) is 6.92 Å². The van der Waals surface area contributed by atoms with Crippen molar-refractivity contribution in [1.29, 1.82) is 0 Å². The van der Waals surface area contributed by atoms with Crippen LogP contribution in [0.25, 0.3) is 0 Å². The molecule has 0 spiro atoms. The second-order valence-electron chi connectivity index (χ2n) is 3.52. The summed E-state index contributed by atoms with van der Waals surface area (Å²) in [6.07, 6.45) is -3.78. The summed E-state index contributed by atoms with van der Waals surface area (Å²) in [4.78, 5) is 0. The first-order valence-corrected chi connectivity index (χ1v) is 5.04. The van der Waals surface area contributed by atoms with Crippen molar-refractivity contribution >= 4 is 0 Å². The van der Waals surface area contributed by atoms with E-state index < -0.39 is 24.2 Å². The largest absolute Gasteiger partial charge is 0.326 e. The molecule has 1 aromatic carbocycles. The summed E-state index contributed by atoms with van der Waals surface area (Å²) in [6, 6.07) is 2.23. The lowest BCUT2D eigenvalue weighted by atomic mass is 10.0. The van der Waals surface area contributed by atoms with Crippen LogP contribution >= 0.6 is 0 Å². The van der Waals surface area contributed by atoms with Gasteiger partial charge < -0.3 is 5.32 Å². The number of alkyl halides is 4. The molecule has 6 heteroatoms. The molecule has 0 fully saturated rings. The van der Waals surface area contributed by atoms with E-state index in [1.54, 1.807) is 0 Å². The molecule has 17 heavy (non-hydrogen) atoms. The van der Waals surface area contributed by atoms with Crippen LogP contribution in [0, 0.1) is 5.82 Å². The van der Waals surface area contributed by atoms with Gasteiger partial charge >= 0.3 is 12.3 Å². The van der Waals surface area contributed by atoms with Gasteiger partial charge in [0.15, 0.2) is 0 Å². The Hall–Kier alpha value is -1.17. The molecule has 0 saturated carbocycles. The molecule has 0 aliphatic heterocycles. The normalized spacial score (nSPS) is 14.1. The molecule has 0 amide bonds. The highest BCUT2D eigenvalue weighted by atomic mass is 19.3. The standard InChI is InChI=1S/C11H12F5N/c1-2-17-9(11(15,16)10(13)14)7-3-5-8(12)6-4-7/h3-6,9-10,17H,2H2,1H3. The molecule has 1 N–H and O–H groups in total. The van der Waals surface area contributed by atoms with Crippen molar-refractivity contribution < 1.29 is 22.0 Å². The predicted molar refractivity (Wildman–Crippen MR) is 53.8 cm³/mol. The van der Waals surface area contributed by atoms with Crippen molar-refractivity contribution in [2.24, 2.45) is 0 Å². The van der Waals surface area contributed by atoms with Crippen LogP contribution in [0.4, 0.5) is 22.0 Å². The van der Waals surface area contributed by atoms with Crippen LogP contribution in [-0.2, 0) is 0 Å². The van der Waals surface area contributed by atoms with E-state index in [0.29, 0.717) is 0 Å². The molecule has 0 bridgehead atoms. The van der Waals surface area contributed by atoms with Gasteiger partial charge in [-0.15, -0.1) is 0 Å². The highest BCUT2D eigenvalue weighted by Gasteiger charge is 2.49. The van der Waals surface area contributed by atoms with Gasteiger partial charge in [0.2, 0.25) is 0 Å². The van der Waals surface area contributed by atoms with E-state index in [1.807, 2.05) is 0 Å². The summed E-state index contributed by atoms with van der Waals surface area (Å²) in [5, 5.41) is 2.29. The molecular formula is C11H12F5N. The van der Waals surface area contributed by atoms with Gasteiger partial charge in [-0.3, -0.25) is 0 Å². The highest BCUT2D eigenvalue weighted by molar-refractivity contribution is 5.22. The van der Waals surface area contributed by atoms with Crippen LogP contribution in [0.5, 0.6) is 0 Å². The third-order valence-electron chi connectivity index (χ3n) is 2.29. The van der Waals surface area contributed by atoms with Crippen LogP contribution in [0.1, 0.15) is 18.5 Å². The van der Waals surface area contributed by atoms with E-state index in [-0.39, 0.29) is 12.1 Å². The maximum Gasteiger partial charge on any atom is 0.326 e. The Balaban J connectivity index is 3.04. The zero-order chi connectivity index (χ0) is 13.1. The third-order valence-corrected chi connectivity index (χ3v) is 2.29. The number of rotatable bonds is 5. The Bertz CT molecular complexity index is 349. The van der Waals surface area contributed by atoms with E-state index in [9.17, 15) is 22.0 Å². The Morgan fingerprint density at radius 3 is 2.12 bits per heavy atom. The number of halogens is 5. The van der Waals surface area contributed by atoms with E-state index in [2.05, 4.69) is 5.32 Å². The SMILES string of the molecule is CCNC(c1ccc(F)cc1)C(F)(F)C(F)F. The van der Waals surface area contributed by atoms with Gasteiger partial charge in [-0.25, -0.2) is 13.2 Å². The second-order valence-corrected chi connectivity index (χ2v) is 3.52. The fraction of sp³-hybridized carbons (Fsp3) is 0.455. The first kappa shape index (κ1) is 13.9. The molecule has 1 aromatic rings. The van der Waals surface area contributed by atoms with Gasteiger partial charge in [0.05, 0.1) is 0 Å². The monoisotopic (exact) mass is 253 g/mol. The molecule has 0 aliphatic rings. The Morgan fingerprint density at radius 2 is 1.71 bits per heavy atom. The zero-order valence-electron chi connectivity index (χ0n) is 9.06. The smallest absolute Gasteiger partial charge is 0.305 e. The molecule has 0 heterocycles. The fourth-order valence-corrected chi connectivity index (χ4v) is 1.46. The second kappa shape index (κ2) is 5.44. The first-order valence-electron chi connectivity index (χ1n) is 5.04. The highest BCUT2D eigenvalue weighted by Crippen LogP contribution is 2.36. The van der Waals surface area contributed by atoms with Gasteiger partial charge in [-0.05, 0) is 24.2 Å². The summed E-state index contributed by atoms with van der Waals surface area (Å²) in [5.74, 6) is -4.81. The minimum absolute atomic E-state index is 0.0708. The fourth-order valence-electron chi connectivity index (χ4n) is 1.46. The lowest BCUT2D eigenvalue weighted by molar-refractivity contribution is -0.151. The lowest BCUT2D eigenvalue weighted by Crippen LogP contribution is -2.42. The Kier molecular flexibility index (Phi) is 4.45. The number of nitrogens with one attached hydrogen (secondary N) is 1. The molecule has 96 valence electrons. The van der Waals surface area contributed by atoms with Crippen LogP contribution < -0.4 is 5.32 Å². The number of hydrogen-bond donors (Lipinski definition) is 1. The Morgan fingerprint density at radius 1 is 1.18 bits per heavy atom. The minimum Gasteiger partial charge on any atom is -0.305 e. The molecule has 0 radical (unpaired) electrons. The van der Waals surface area contributed by atoms with Crippen LogP contribution in [-0.4, -0.2) is 18.9 Å². The molecule has 1 unspecified atom stereocenters. The summed E-state index contributed by atoms with van der Waals surface area (Å²) in [6.45, 7) is 1.63. The van der Waals surface area contributed by atoms with Crippen molar-refractivity contribution in [2.75, 3.05) is 6.54 Å². The summed E-state index contributed by atoms with van der Waals surface area (Å²) >= 11 is 0. The topological polar surface area (TPSA) is 12.0 Å². The van der Waals surface area contributed by atoms with Crippen molar-refractivity contribution in [3.05, 3.63) is 35.6 Å². The van der Waals surface area contributed by atoms with Crippen molar-refractivity contribution in [3.8, 4) is 0 Å². The molecule has 1 nitrogen and oxygen atoms in total. The summed E-state index contributed by atoms with van der Waals surface area (Å²) < 4.78 is 63.8. The van der Waals surface area contributed by atoms with Gasteiger partial charge in [0, 0.05) is 0 Å². The molecule has 0 aromatic heterocycles. The van der Waals surface area contributed by atoms with Crippen molar-refractivity contribution in [3.63, 3.8) is 0 Å². The Labute approximate surface area is 95.6 Å². The molecule has 1 atom stereocenters. The van der Waals surface area contributed by atoms with Crippen molar-refractivity contribution in [2.45, 2.75) is 25.3 Å². The predicted octanol–water partition coefficient (Wildman–Crippen LogP) is 3.38. The maximum atomic E-state index is 13.3. The quantitative estimate of drug-likeness (QED) is 0.793. The zero-order valence-corrected chi connectivity index (χ0v) is 9.06. The lowest BCUT2D eigenvalue weighted by Gasteiger charge is -2.27. The average Bonchev–Trinajstić information content (AvgIpc) is 2.27. The summed E-state index contributed by atoms with van der Waals surface area (Å²) in [7, 11) is 0. The van der Waals surface area contributed by atoms with E-state index in [0.717, 1.165) is 24.3 Å². The maximum absolute atomic E-state index is 13.3. The average molecular weight is 253 g/mol. The molecule has 1 rings (SSSR count). The van der Waals surface area contributed by atoms with Crippen molar-refractivity contribution in [1.82, 2.24) is 5.32 Å². The third kappa shape index (κ3) is 3.15.